The van der Waals surface area contributed by atoms with E-state index in [4.69, 9.17) is 5.11 Å². The first kappa shape index (κ1) is 11.1. The maximum absolute atomic E-state index is 12.0. The van der Waals surface area contributed by atoms with E-state index >= 15 is 0 Å². The van der Waals surface area contributed by atoms with Gasteiger partial charge in [-0.15, -0.1) is 11.3 Å². The van der Waals surface area contributed by atoms with Gasteiger partial charge < -0.3 is 10.0 Å². The summed E-state index contributed by atoms with van der Waals surface area (Å²) in [7, 11) is 0. The van der Waals surface area contributed by atoms with E-state index in [1.165, 1.54) is 11.3 Å². The molecule has 0 bridgehead atoms. The van der Waals surface area contributed by atoms with Crippen molar-refractivity contribution in [2.24, 2.45) is 5.92 Å². The van der Waals surface area contributed by atoms with Crippen LogP contribution in [0.3, 0.4) is 0 Å². The Balaban J connectivity index is 2.03. The third kappa shape index (κ3) is 2.41. The van der Waals surface area contributed by atoms with E-state index < -0.39 is 0 Å². The summed E-state index contributed by atoms with van der Waals surface area (Å²) in [5.74, 6) is 0.346. The zero-order chi connectivity index (χ0) is 10.8. The predicted molar refractivity (Wildman–Crippen MR) is 63.1 cm³/mol. The fraction of sp³-hybridized carbons (Fsp3) is 0.500. The van der Waals surface area contributed by atoms with E-state index in [0.717, 1.165) is 21.6 Å². The summed E-state index contributed by atoms with van der Waals surface area (Å²) in [6.07, 6.45) is 0.911. The first-order valence-electron chi connectivity index (χ1n) is 4.86. The van der Waals surface area contributed by atoms with Crippen molar-refractivity contribution in [1.82, 2.24) is 4.90 Å². The summed E-state index contributed by atoms with van der Waals surface area (Å²) >= 11 is 4.80. The molecule has 1 saturated heterocycles. The minimum Gasteiger partial charge on any atom is -0.396 e. The monoisotopic (exact) mass is 289 g/mol. The van der Waals surface area contributed by atoms with Crippen LogP contribution in [-0.4, -0.2) is 35.6 Å². The van der Waals surface area contributed by atoms with Crippen LogP contribution in [0.25, 0.3) is 0 Å². The number of carbonyl (C=O) groups is 1. The van der Waals surface area contributed by atoms with Crippen molar-refractivity contribution in [1.29, 1.82) is 0 Å². The third-order valence-electron chi connectivity index (χ3n) is 2.62. The highest BCUT2D eigenvalue weighted by molar-refractivity contribution is 9.11. The molecule has 2 heterocycles. The van der Waals surface area contributed by atoms with Crippen LogP contribution in [0.2, 0.25) is 0 Å². The molecular weight excluding hydrogens is 278 g/mol. The van der Waals surface area contributed by atoms with Gasteiger partial charge in [0.2, 0.25) is 0 Å². The first-order valence-corrected chi connectivity index (χ1v) is 6.47. The van der Waals surface area contributed by atoms with Crippen LogP contribution in [-0.2, 0) is 0 Å². The molecular formula is C10H12BrNO2S. The normalized spacial score (nSPS) is 20.9. The molecule has 1 aliphatic rings. The molecule has 2 rings (SSSR count). The van der Waals surface area contributed by atoms with E-state index in [0.29, 0.717) is 6.54 Å². The SMILES string of the molecule is O=C(c1ccc(Br)s1)N1CCC(CO)C1. The largest absolute Gasteiger partial charge is 0.396 e. The van der Waals surface area contributed by atoms with Gasteiger partial charge in [0.1, 0.15) is 0 Å². The molecule has 1 amide bonds. The van der Waals surface area contributed by atoms with Gasteiger partial charge in [0.05, 0.1) is 8.66 Å². The van der Waals surface area contributed by atoms with E-state index in [-0.39, 0.29) is 18.4 Å². The Morgan fingerprint density at radius 1 is 1.67 bits per heavy atom. The highest BCUT2D eigenvalue weighted by Crippen LogP contribution is 2.25. The molecule has 5 heteroatoms. The molecule has 3 nitrogen and oxygen atoms in total. The molecule has 1 fully saturated rings. The van der Waals surface area contributed by atoms with Crippen LogP contribution in [0, 0.1) is 5.92 Å². The number of carbonyl (C=O) groups excluding carboxylic acids is 1. The summed E-state index contributed by atoms with van der Waals surface area (Å²) in [5, 5.41) is 9.00. The van der Waals surface area contributed by atoms with Crippen LogP contribution in [0.4, 0.5) is 0 Å². The van der Waals surface area contributed by atoms with Gasteiger partial charge in [0, 0.05) is 25.6 Å². The Hall–Kier alpha value is -0.390. The average molecular weight is 290 g/mol. The summed E-state index contributed by atoms with van der Waals surface area (Å²) in [6.45, 7) is 1.63. The molecule has 82 valence electrons. The zero-order valence-corrected chi connectivity index (χ0v) is 10.6. The molecule has 0 spiro atoms. The fourth-order valence-corrected chi connectivity index (χ4v) is 3.11. The van der Waals surface area contributed by atoms with Gasteiger partial charge in [0.25, 0.3) is 5.91 Å². The van der Waals surface area contributed by atoms with Crippen molar-refractivity contribution in [3.05, 3.63) is 20.8 Å². The minimum atomic E-state index is 0.0849. The van der Waals surface area contributed by atoms with Crippen molar-refractivity contribution in [2.45, 2.75) is 6.42 Å². The van der Waals surface area contributed by atoms with Gasteiger partial charge in [-0.2, -0.15) is 0 Å². The molecule has 1 aliphatic heterocycles. The summed E-state index contributed by atoms with van der Waals surface area (Å²) in [6, 6.07) is 3.72. The number of nitrogens with zero attached hydrogens (tertiary/aromatic N) is 1. The molecule has 1 atom stereocenters. The Morgan fingerprint density at radius 2 is 2.47 bits per heavy atom. The lowest BCUT2D eigenvalue weighted by molar-refractivity contribution is 0.0786. The number of aliphatic hydroxyl groups is 1. The fourth-order valence-electron chi connectivity index (χ4n) is 1.75. The third-order valence-corrected chi connectivity index (χ3v) is 4.23. The van der Waals surface area contributed by atoms with E-state index in [2.05, 4.69) is 15.9 Å². The van der Waals surface area contributed by atoms with Crippen LogP contribution in [0.5, 0.6) is 0 Å². The Bertz CT molecular complexity index is 366. The Labute approximate surface area is 101 Å². The number of aliphatic hydroxyl groups excluding tert-OH is 1. The lowest BCUT2D eigenvalue weighted by Gasteiger charge is -2.14. The van der Waals surface area contributed by atoms with Gasteiger partial charge in [-0.05, 0) is 34.5 Å². The van der Waals surface area contributed by atoms with E-state index in [1.54, 1.807) is 0 Å². The molecule has 1 aromatic heterocycles. The smallest absolute Gasteiger partial charge is 0.263 e. The molecule has 0 saturated carbocycles. The standard InChI is InChI=1S/C10H12BrNO2S/c11-9-2-1-8(15-9)10(14)12-4-3-7(5-12)6-13/h1-2,7,13H,3-6H2. The van der Waals surface area contributed by atoms with E-state index in [1.807, 2.05) is 17.0 Å². The average Bonchev–Trinajstić information content (AvgIpc) is 2.84. The molecule has 1 unspecified atom stereocenters. The quantitative estimate of drug-likeness (QED) is 0.904. The maximum atomic E-state index is 12.0. The van der Waals surface area contributed by atoms with Gasteiger partial charge in [0.15, 0.2) is 0 Å². The highest BCUT2D eigenvalue weighted by Gasteiger charge is 2.26. The molecule has 15 heavy (non-hydrogen) atoms. The van der Waals surface area contributed by atoms with Gasteiger partial charge >= 0.3 is 0 Å². The van der Waals surface area contributed by atoms with Crippen molar-refractivity contribution in [3.8, 4) is 0 Å². The second-order valence-electron chi connectivity index (χ2n) is 3.69. The van der Waals surface area contributed by atoms with Crippen LogP contribution < -0.4 is 0 Å². The van der Waals surface area contributed by atoms with Crippen molar-refractivity contribution < 1.29 is 9.90 Å². The molecule has 1 N–H and O–H groups in total. The summed E-state index contributed by atoms with van der Waals surface area (Å²) < 4.78 is 0.976. The Morgan fingerprint density at radius 3 is 3.00 bits per heavy atom. The minimum absolute atomic E-state index is 0.0849. The predicted octanol–water partition coefficient (Wildman–Crippen LogP) is 1.97. The van der Waals surface area contributed by atoms with Crippen molar-refractivity contribution in [3.63, 3.8) is 0 Å². The number of hydrogen-bond donors (Lipinski definition) is 1. The second-order valence-corrected chi connectivity index (χ2v) is 6.16. The van der Waals surface area contributed by atoms with Crippen molar-refractivity contribution >= 4 is 33.2 Å². The van der Waals surface area contributed by atoms with Crippen LogP contribution in [0.15, 0.2) is 15.9 Å². The van der Waals surface area contributed by atoms with Crippen LogP contribution in [0.1, 0.15) is 16.1 Å². The summed E-state index contributed by atoms with van der Waals surface area (Å²) in [4.78, 5) is 14.5. The van der Waals surface area contributed by atoms with Gasteiger partial charge in [-0.3, -0.25) is 4.79 Å². The lowest BCUT2D eigenvalue weighted by atomic mass is 10.1. The zero-order valence-electron chi connectivity index (χ0n) is 8.15. The number of amides is 1. The Kier molecular flexibility index (Phi) is 3.43. The second kappa shape index (κ2) is 4.63. The molecule has 0 aromatic carbocycles. The number of rotatable bonds is 2. The lowest BCUT2D eigenvalue weighted by Crippen LogP contribution is -2.28. The summed E-state index contributed by atoms with van der Waals surface area (Å²) in [5.41, 5.74) is 0. The van der Waals surface area contributed by atoms with Crippen molar-refractivity contribution in [2.75, 3.05) is 19.7 Å². The van der Waals surface area contributed by atoms with E-state index in [9.17, 15) is 4.79 Å². The topological polar surface area (TPSA) is 40.5 Å². The van der Waals surface area contributed by atoms with Crippen LogP contribution >= 0.6 is 27.3 Å². The molecule has 0 radical (unpaired) electrons. The number of thiophene rings is 1. The first-order chi connectivity index (χ1) is 7.20. The maximum Gasteiger partial charge on any atom is 0.263 e. The molecule has 1 aromatic rings. The number of hydrogen-bond acceptors (Lipinski definition) is 3. The number of likely N-dealkylation sites (tertiary alicyclic amines) is 1. The van der Waals surface area contributed by atoms with Gasteiger partial charge in [-0.25, -0.2) is 0 Å². The number of halogens is 1. The van der Waals surface area contributed by atoms with Gasteiger partial charge in [-0.1, -0.05) is 0 Å². The molecule has 0 aliphatic carbocycles. The highest BCUT2D eigenvalue weighted by atomic mass is 79.9.